The quantitative estimate of drug-likeness (QED) is 0.858. The summed E-state index contributed by atoms with van der Waals surface area (Å²) in [5.74, 6) is -0.942. The summed E-state index contributed by atoms with van der Waals surface area (Å²) in [5.41, 5.74) is 0.308. The first kappa shape index (κ1) is 17.5. The van der Waals surface area contributed by atoms with Gasteiger partial charge in [0.05, 0.1) is 6.04 Å². The van der Waals surface area contributed by atoms with Crippen LogP contribution in [0.5, 0.6) is 5.75 Å². The van der Waals surface area contributed by atoms with Gasteiger partial charge in [-0.05, 0) is 37.9 Å². The fraction of sp³-hybridized carbons (Fsp3) is 0.500. The predicted octanol–water partition coefficient (Wildman–Crippen LogP) is 1.56. The molecule has 0 radical (unpaired) electrons. The molecule has 2 fully saturated rings. The van der Waals surface area contributed by atoms with Gasteiger partial charge in [0.25, 0.3) is 0 Å². The van der Waals surface area contributed by atoms with Gasteiger partial charge >= 0.3 is 6.36 Å². The van der Waals surface area contributed by atoms with E-state index in [0.29, 0.717) is 18.7 Å². The average Bonchev–Trinajstić information content (AvgIpc) is 3.17. The zero-order valence-electron chi connectivity index (χ0n) is 13.3. The molecule has 2 heterocycles. The lowest BCUT2D eigenvalue weighted by Crippen LogP contribution is -2.48. The van der Waals surface area contributed by atoms with Crippen molar-refractivity contribution < 1.29 is 27.5 Å². The van der Waals surface area contributed by atoms with Crippen LogP contribution in [0, 0.1) is 0 Å². The van der Waals surface area contributed by atoms with Crippen LogP contribution >= 0.6 is 0 Å². The molecule has 25 heavy (non-hydrogen) atoms. The minimum atomic E-state index is -4.79. The highest BCUT2D eigenvalue weighted by molar-refractivity contribution is 6.01. The zero-order valence-corrected chi connectivity index (χ0v) is 13.3. The molecule has 1 aromatic rings. The smallest absolute Gasteiger partial charge is 0.406 e. The van der Waals surface area contributed by atoms with Gasteiger partial charge in [0.2, 0.25) is 11.8 Å². The van der Waals surface area contributed by atoms with Crippen molar-refractivity contribution >= 4 is 17.5 Å². The number of ether oxygens (including phenoxy) is 1. The van der Waals surface area contributed by atoms with Crippen molar-refractivity contribution in [3.05, 3.63) is 24.3 Å². The summed E-state index contributed by atoms with van der Waals surface area (Å²) in [5, 5.41) is 5.78. The van der Waals surface area contributed by atoms with Crippen LogP contribution in [0.1, 0.15) is 19.3 Å². The van der Waals surface area contributed by atoms with Crippen molar-refractivity contribution in [2.24, 2.45) is 0 Å². The SMILES string of the molecule is O=C(NC1CCN(c2cccc(OC(F)(F)F)c2)C1=O)C1CCCN1. The number of amides is 2. The van der Waals surface area contributed by atoms with Crippen molar-refractivity contribution in [3.8, 4) is 5.75 Å². The summed E-state index contributed by atoms with van der Waals surface area (Å²) in [6.45, 7) is 1.09. The average molecular weight is 357 g/mol. The monoisotopic (exact) mass is 357 g/mol. The molecule has 9 heteroatoms. The van der Waals surface area contributed by atoms with Gasteiger partial charge in [-0.2, -0.15) is 0 Å². The summed E-state index contributed by atoms with van der Waals surface area (Å²) in [4.78, 5) is 25.9. The lowest BCUT2D eigenvalue weighted by atomic mass is 10.2. The molecule has 2 amide bonds. The van der Waals surface area contributed by atoms with Gasteiger partial charge in [0.1, 0.15) is 11.8 Å². The van der Waals surface area contributed by atoms with E-state index in [-0.39, 0.29) is 23.6 Å². The van der Waals surface area contributed by atoms with Crippen LogP contribution in [0.2, 0.25) is 0 Å². The number of anilines is 1. The third kappa shape index (κ3) is 4.22. The van der Waals surface area contributed by atoms with Gasteiger partial charge in [-0.1, -0.05) is 6.07 Å². The lowest BCUT2D eigenvalue weighted by Gasteiger charge is -2.19. The van der Waals surface area contributed by atoms with Gasteiger partial charge in [-0.3, -0.25) is 9.59 Å². The normalized spacial score (nSPS) is 23.8. The Morgan fingerprint density at radius 2 is 2.12 bits per heavy atom. The van der Waals surface area contributed by atoms with Crippen LogP contribution in [0.25, 0.3) is 0 Å². The molecule has 2 saturated heterocycles. The molecule has 0 spiro atoms. The van der Waals surface area contributed by atoms with Crippen LogP contribution in [0.15, 0.2) is 24.3 Å². The number of carbonyl (C=O) groups is 2. The molecule has 0 bridgehead atoms. The molecule has 2 aliphatic rings. The Morgan fingerprint density at radius 3 is 2.80 bits per heavy atom. The summed E-state index contributed by atoms with van der Waals surface area (Å²) in [6.07, 6.45) is -2.75. The molecule has 0 aromatic heterocycles. The summed E-state index contributed by atoms with van der Waals surface area (Å²) in [7, 11) is 0. The molecule has 0 aliphatic carbocycles. The van der Waals surface area contributed by atoms with Crippen LogP contribution < -0.4 is 20.3 Å². The van der Waals surface area contributed by atoms with E-state index in [0.717, 1.165) is 25.5 Å². The number of benzene rings is 1. The summed E-state index contributed by atoms with van der Waals surface area (Å²) < 4.78 is 40.9. The Bertz CT molecular complexity index is 660. The minimum absolute atomic E-state index is 0.216. The molecule has 2 aliphatic heterocycles. The van der Waals surface area contributed by atoms with Gasteiger partial charge < -0.3 is 20.3 Å². The summed E-state index contributed by atoms with van der Waals surface area (Å²) >= 11 is 0. The second kappa shape index (κ2) is 6.91. The van der Waals surface area contributed by atoms with E-state index in [9.17, 15) is 22.8 Å². The Kier molecular flexibility index (Phi) is 4.85. The van der Waals surface area contributed by atoms with Gasteiger partial charge in [-0.15, -0.1) is 13.2 Å². The fourth-order valence-corrected chi connectivity index (χ4v) is 3.10. The molecule has 6 nitrogen and oxygen atoms in total. The van der Waals surface area contributed by atoms with E-state index >= 15 is 0 Å². The van der Waals surface area contributed by atoms with E-state index < -0.39 is 12.4 Å². The van der Waals surface area contributed by atoms with Crippen LogP contribution in [-0.4, -0.2) is 43.3 Å². The van der Waals surface area contributed by atoms with Crippen molar-refractivity contribution in [1.29, 1.82) is 0 Å². The number of alkyl halides is 3. The van der Waals surface area contributed by atoms with E-state index in [4.69, 9.17) is 0 Å². The molecule has 2 atom stereocenters. The molecular formula is C16H18F3N3O3. The van der Waals surface area contributed by atoms with Gasteiger partial charge in [0.15, 0.2) is 0 Å². The highest BCUT2D eigenvalue weighted by Gasteiger charge is 2.36. The van der Waals surface area contributed by atoms with E-state index in [2.05, 4.69) is 15.4 Å². The number of nitrogens with one attached hydrogen (secondary N) is 2. The Hall–Kier alpha value is -2.29. The van der Waals surface area contributed by atoms with Crippen molar-refractivity contribution in [1.82, 2.24) is 10.6 Å². The first-order chi connectivity index (χ1) is 11.8. The van der Waals surface area contributed by atoms with Crippen molar-refractivity contribution in [2.75, 3.05) is 18.0 Å². The van der Waals surface area contributed by atoms with E-state index in [1.807, 2.05) is 0 Å². The second-order valence-corrected chi connectivity index (χ2v) is 6.03. The Labute approximate surface area is 142 Å². The first-order valence-electron chi connectivity index (χ1n) is 8.04. The minimum Gasteiger partial charge on any atom is -0.406 e. The van der Waals surface area contributed by atoms with Crippen LogP contribution in [0.4, 0.5) is 18.9 Å². The molecule has 3 rings (SSSR count). The Morgan fingerprint density at radius 1 is 1.32 bits per heavy atom. The highest BCUT2D eigenvalue weighted by atomic mass is 19.4. The lowest BCUT2D eigenvalue weighted by molar-refractivity contribution is -0.274. The number of rotatable bonds is 4. The number of hydrogen-bond acceptors (Lipinski definition) is 4. The van der Waals surface area contributed by atoms with Gasteiger partial charge in [-0.25, -0.2) is 0 Å². The molecule has 0 saturated carbocycles. The molecule has 2 N–H and O–H groups in total. The van der Waals surface area contributed by atoms with E-state index in [1.54, 1.807) is 0 Å². The topological polar surface area (TPSA) is 70.7 Å². The Balaban J connectivity index is 1.65. The standard InChI is InChI=1S/C16H18F3N3O3/c17-16(18,19)25-11-4-1-3-10(9-11)22-8-6-13(15(22)24)21-14(23)12-5-2-7-20-12/h1,3-4,9,12-13,20H,2,5-8H2,(H,21,23). The first-order valence-corrected chi connectivity index (χ1v) is 8.04. The number of hydrogen-bond donors (Lipinski definition) is 2. The van der Waals surface area contributed by atoms with Crippen molar-refractivity contribution in [3.63, 3.8) is 0 Å². The molecular weight excluding hydrogens is 339 g/mol. The number of halogens is 3. The molecule has 136 valence electrons. The number of nitrogens with zero attached hydrogens (tertiary/aromatic N) is 1. The third-order valence-corrected chi connectivity index (χ3v) is 4.26. The maximum absolute atomic E-state index is 12.5. The highest BCUT2D eigenvalue weighted by Crippen LogP contribution is 2.29. The maximum atomic E-state index is 12.5. The van der Waals surface area contributed by atoms with E-state index in [1.165, 1.54) is 23.1 Å². The largest absolute Gasteiger partial charge is 0.573 e. The van der Waals surface area contributed by atoms with Crippen LogP contribution in [-0.2, 0) is 9.59 Å². The maximum Gasteiger partial charge on any atom is 0.573 e. The molecule has 2 unspecified atom stereocenters. The van der Waals surface area contributed by atoms with Crippen molar-refractivity contribution in [2.45, 2.75) is 37.7 Å². The third-order valence-electron chi connectivity index (χ3n) is 4.26. The predicted molar refractivity (Wildman–Crippen MR) is 83.1 cm³/mol. The second-order valence-electron chi connectivity index (χ2n) is 6.03. The number of carbonyl (C=O) groups excluding carboxylic acids is 2. The summed E-state index contributed by atoms with van der Waals surface area (Å²) in [6, 6.07) is 4.30. The van der Waals surface area contributed by atoms with Crippen LogP contribution in [0.3, 0.4) is 0 Å². The molecule has 1 aromatic carbocycles. The zero-order chi connectivity index (χ0) is 18.0. The van der Waals surface area contributed by atoms with Gasteiger partial charge in [0, 0.05) is 18.3 Å². The fourth-order valence-electron chi connectivity index (χ4n) is 3.10.